The zero-order valence-corrected chi connectivity index (χ0v) is 14.3. The molecular formula is C16H14BrN3OS. The number of aryl methyl sites for hydroxylation is 1. The van der Waals surface area contributed by atoms with Gasteiger partial charge in [0.25, 0.3) is 5.91 Å². The van der Waals surface area contributed by atoms with Crippen molar-refractivity contribution in [3.8, 4) is 10.6 Å². The molecule has 0 bridgehead atoms. The molecule has 0 aliphatic rings. The van der Waals surface area contributed by atoms with E-state index < -0.39 is 0 Å². The fourth-order valence-electron chi connectivity index (χ4n) is 2.11. The number of nitrogens with zero attached hydrogens (tertiary/aromatic N) is 2. The summed E-state index contributed by atoms with van der Waals surface area (Å²) in [6.07, 6.45) is 1.85. The van der Waals surface area contributed by atoms with Gasteiger partial charge in [-0.2, -0.15) is 0 Å². The fraction of sp³-hybridized carbons (Fsp3) is 0.125. The molecule has 3 aromatic rings. The minimum Gasteiger partial charge on any atom is -0.345 e. The van der Waals surface area contributed by atoms with Crippen LogP contribution in [0.15, 0.2) is 52.4 Å². The third kappa shape index (κ3) is 3.28. The van der Waals surface area contributed by atoms with Crippen molar-refractivity contribution in [2.45, 2.75) is 6.54 Å². The van der Waals surface area contributed by atoms with Crippen LogP contribution in [0.25, 0.3) is 10.6 Å². The Labute approximate surface area is 140 Å². The second kappa shape index (κ2) is 6.46. The fourth-order valence-corrected chi connectivity index (χ4v) is 3.46. The predicted molar refractivity (Wildman–Crippen MR) is 91.8 cm³/mol. The lowest BCUT2D eigenvalue weighted by atomic mass is 10.2. The normalized spacial score (nSPS) is 10.6. The van der Waals surface area contributed by atoms with Crippen LogP contribution in [-0.4, -0.2) is 15.5 Å². The summed E-state index contributed by atoms with van der Waals surface area (Å²) in [6.45, 7) is 0.422. The Balaban J connectivity index is 1.66. The van der Waals surface area contributed by atoms with Gasteiger partial charge < -0.3 is 9.88 Å². The zero-order chi connectivity index (χ0) is 15.5. The molecule has 0 aliphatic carbocycles. The average Bonchev–Trinajstić information content (AvgIpc) is 3.12. The van der Waals surface area contributed by atoms with E-state index >= 15 is 0 Å². The number of rotatable bonds is 4. The minimum absolute atomic E-state index is 0.109. The van der Waals surface area contributed by atoms with Crippen molar-refractivity contribution in [3.63, 3.8) is 0 Å². The van der Waals surface area contributed by atoms with Gasteiger partial charge in [-0.25, -0.2) is 4.98 Å². The molecule has 0 spiro atoms. The minimum atomic E-state index is -0.109. The maximum absolute atomic E-state index is 12.2. The first kappa shape index (κ1) is 15.0. The highest BCUT2D eigenvalue weighted by atomic mass is 79.9. The number of carbonyl (C=O) groups is 1. The standard InChI is InChI=1S/C16H14BrN3OS/c1-20-9-12(17)7-14(20)15(21)18-8-13-10-22-16(19-13)11-5-3-2-4-6-11/h2-7,9-10H,8H2,1H3,(H,18,21). The van der Waals surface area contributed by atoms with Crippen molar-refractivity contribution < 1.29 is 4.79 Å². The van der Waals surface area contributed by atoms with Crippen molar-refractivity contribution in [1.29, 1.82) is 0 Å². The van der Waals surface area contributed by atoms with E-state index in [4.69, 9.17) is 0 Å². The number of hydrogen-bond donors (Lipinski definition) is 1. The van der Waals surface area contributed by atoms with Crippen molar-refractivity contribution in [2.75, 3.05) is 0 Å². The number of amides is 1. The van der Waals surface area contributed by atoms with Gasteiger partial charge in [0.2, 0.25) is 0 Å². The molecule has 0 saturated heterocycles. The van der Waals surface area contributed by atoms with Crippen LogP contribution in [0.1, 0.15) is 16.2 Å². The molecule has 0 aliphatic heterocycles. The molecule has 2 aromatic heterocycles. The maximum Gasteiger partial charge on any atom is 0.268 e. The number of thiazole rings is 1. The quantitative estimate of drug-likeness (QED) is 0.752. The predicted octanol–water partition coefficient (Wildman–Crippen LogP) is 3.84. The second-order valence-electron chi connectivity index (χ2n) is 4.85. The molecule has 1 amide bonds. The van der Waals surface area contributed by atoms with Crippen LogP contribution >= 0.6 is 27.3 Å². The zero-order valence-electron chi connectivity index (χ0n) is 11.9. The summed E-state index contributed by atoms with van der Waals surface area (Å²) in [4.78, 5) is 16.7. The third-order valence-corrected chi connectivity index (χ3v) is 4.58. The molecule has 6 heteroatoms. The monoisotopic (exact) mass is 375 g/mol. The highest BCUT2D eigenvalue weighted by Gasteiger charge is 2.11. The van der Waals surface area contributed by atoms with Crippen molar-refractivity contribution in [3.05, 3.63) is 63.8 Å². The Morgan fingerprint density at radius 3 is 2.82 bits per heavy atom. The molecule has 1 aromatic carbocycles. The number of carbonyl (C=O) groups excluding carboxylic acids is 1. The molecule has 0 atom stereocenters. The first-order valence-corrected chi connectivity index (χ1v) is 8.40. The van der Waals surface area contributed by atoms with Gasteiger partial charge in [-0.15, -0.1) is 11.3 Å². The molecule has 3 rings (SSSR count). The van der Waals surface area contributed by atoms with E-state index in [1.54, 1.807) is 22.0 Å². The summed E-state index contributed by atoms with van der Waals surface area (Å²) in [6, 6.07) is 11.8. The van der Waals surface area contributed by atoms with E-state index in [1.807, 2.05) is 49.0 Å². The summed E-state index contributed by atoms with van der Waals surface area (Å²) < 4.78 is 2.68. The van der Waals surface area contributed by atoms with Gasteiger partial charge in [-0.3, -0.25) is 4.79 Å². The molecule has 4 nitrogen and oxygen atoms in total. The molecular weight excluding hydrogens is 362 g/mol. The van der Waals surface area contributed by atoms with Crippen molar-refractivity contribution in [2.24, 2.45) is 7.05 Å². The van der Waals surface area contributed by atoms with Gasteiger partial charge in [0, 0.05) is 28.7 Å². The Kier molecular flexibility index (Phi) is 4.40. The highest BCUT2D eigenvalue weighted by Crippen LogP contribution is 2.23. The van der Waals surface area contributed by atoms with Crippen molar-refractivity contribution in [1.82, 2.24) is 14.9 Å². The van der Waals surface area contributed by atoms with Crippen molar-refractivity contribution >= 4 is 33.2 Å². The van der Waals surface area contributed by atoms with E-state index in [9.17, 15) is 4.79 Å². The van der Waals surface area contributed by atoms with Gasteiger partial charge in [0.15, 0.2) is 0 Å². The van der Waals surface area contributed by atoms with Gasteiger partial charge in [-0.05, 0) is 22.0 Å². The van der Waals surface area contributed by atoms with Gasteiger partial charge >= 0.3 is 0 Å². The summed E-state index contributed by atoms with van der Waals surface area (Å²) in [5.74, 6) is -0.109. The lowest BCUT2D eigenvalue weighted by molar-refractivity contribution is 0.0942. The number of hydrogen-bond acceptors (Lipinski definition) is 3. The average molecular weight is 376 g/mol. The molecule has 0 saturated carbocycles. The van der Waals surface area contributed by atoms with Crippen LogP contribution in [-0.2, 0) is 13.6 Å². The largest absolute Gasteiger partial charge is 0.345 e. The van der Waals surface area contributed by atoms with Gasteiger partial charge in [-0.1, -0.05) is 30.3 Å². The lowest BCUT2D eigenvalue weighted by Crippen LogP contribution is -2.24. The van der Waals surface area contributed by atoms with Gasteiger partial charge in [0.05, 0.1) is 12.2 Å². The maximum atomic E-state index is 12.2. The molecule has 0 unspecified atom stereocenters. The Hall–Kier alpha value is -1.92. The third-order valence-electron chi connectivity index (χ3n) is 3.21. The molecule has 0 fully saturated rings. The molecule has 2 heterocycles. The first-order valence-electron chi connectivity index (χ1n) is 6.73. The lowest BCUT2D eigenvalue weighted by Gasteiger charge is -2.04. The molecule has 22 heavy (non-hydrogen) atoms. The van der Waals surface area contributed by atoms with Crippen LogP contribution in [0.2, 0.25) is 0 Å². The number of halogens is 1. The Bertz CT molecular complexity index is 795. The highest BCUT2D eigenvalue weighted by molar-refractivity contribution is 9.10. The summed E-state index contributed by atoms with van der Waals surface area (Å²) in [7, 11) is 1.84. The summed E-state index contributed by atoms with van der Waals surface area (Å²) in [5, 5.41) is 5.84. The molecule has 112 valence electrons. The van der Waals surface area contributed by atoms with Crippen LogP contribution in [0.5, 0.6) is 0 Å². The molecule has 1 N–H and O–H groups in total. The topological polar surface area (TPSA) is 46.9 Å². The van der Waals surface area contributed by atoms with Crippen LogP contribution in [0.3, 0.4) is 0 Å². The van der Waals surface area contributed by atoms with E-state index in [-0.39, 0.29) is 5.91 Å². The summed E-state index contributed by atoms with van der Waals surface area (Å²) in [5.41, 5.74) is 2.58. The SMILES string of the molecule is Cn1cc(Br)cc1C(=O)NCc1csc(-c2ccccc2)n1. The van der Waals surface area contributed by atoms with Gasteiger partial charge in [0.1, 0.15) is 10.7 Å². The summed E-state index contributed by atoms with van der Waals surface area (Å²) >= 11 is 4.95. The van der Waals surface area contributed by atoms with Crippen LogP contribution < -0.4 is 5.32 Å². The van der Waals surface area contributed by atoms with E-state index in [2.05, 4.69) is 26.2 Å². The van der Waals surface area contributed by atoms with E-state index in [0.29, 0.717) is 12.2 Å². The Morgan fingerprint density at radius 1 is 1.36 bits per heavy atom. The second-order valence-corrected chi connectivity index (χ2v) is 6.62. The number of nitrogens with one attached hydrogen (secondary N) is 1. The number of aromatic nitrogens is 2. The Morgan fingerprint density at radius 2 is 2.14 bits per heavy atom. The van der Waals surface area contributed by atoms with Crippen LogP contribution in [0.4, 0.5) is 0 Å². The van der Waals surface area contributed by atoms with Crippen LogP contribution in [0, 0.1) is 0 Å². The van der Waals surface area contributed by atoms with E-state index in [1.165, 1.54) is 0 Å². The first-order chi connectivity index (χ1) is 10.6. The smallest absolute Gasteiger partial charge is 0.268 e. The molecule has 0 radical (unpaired) electrons. The number of benzene rings is 1. The van der Waals surface area contributed by atoms with E-state index in [0.717, 1.165) is 20.7 Å².